The number of nitrogens with one attached hydrogen (secondary N) is 1. The highest BCUT2D eigenvalue weighted by atomic mass is 35.5. The maximum atomic E-state index is 13.1. The Kier molecular flexibility index (Phi) is 4.69. The molecule has 0 aliphatic rings. The van der Waals surface area contributed by atoms with Crippen LogP contribution in [0, 0.1) is 5.82 Å². The number of benzene rings is 1. The molecule has 84 valence electrons. The van der Waals surface area contributed by atoms with Crippen molar-refractivity contribution in [2.75, 3.05) is 17.6 Å². The largest absolute Gasteiger partial charge is 0.397 e. The topological polar surface area (TPSA) is 38.0 Å². The van der Waals surface area contributed by atoms with Crippen LogP contribution in [0.15, 0.2) is 12.1 Å². The van der Waals surface area contributed by atoms with Gasteiger partial charge in [-0.05, 0) is 12.5 Å². The van der Waals surface area contributed by atoms with Crippen LogP contribution in [0.2, 0.25) is 5.02 Å². The molecule has 0 amide bonds. The first kappa shape index (κ1) is 12.1. The number of hydrogen-bond acceptors (Lipinski definition) is 2. The zero-order valence-corrected chi connectivity index (χ0v) is 9.57. The molecule has 0 fully saturated rings. The van der Waals surface area contributed by atoms with Gasteiger partial charge in [-0.15, -0.1) is 0 Å². The fourth-order valence-electron chi connectivity index (χ4n) is 1.31. The van der Waals surface area contributed by atoms with E-state index >= 15 is 0 Å². The second-order valence-corrected chi connectivity index (χ2v) is 3.89. The lowest BCUT2D eigenvalue weighted by Gasteiger charge is -2.09. The van der Waals surface area contributed by atoms with Crippen molar-refractivity contribution in [1.82, 2.24) is 0 Å². The van der Waals surface area contributed by atoms with E-state index in [4.69, 9.17) is 17.3 Å². The molecule has 0 atom stereocenters. The van der Waals surface area contributed by atoms with Gasteiger partial charge in [0.2, 0.25) is 0 Å². The Morgan fingerprint density at radius 3 is 2.80 bits per heavy atom. The van der Waals surface area contributed by atoms with Crippen molar-refractivity contribution >= 4 is 23.0 Å². The Hall–Kier alpha value is -0.960. The fourth-order valence-corrected chi connectivity index (χ4v) is 1.49. The first-order valence-electron chi connectivity index (χ1n) is 5.13. The quantitative estimate of drug-likeness (QED) is 0.599. The van der Waals surface area contributed by atoms with Crippen LogP contribution in [0.25, 0.3) is 0 Å². The van der Waals surface area contributed by atoms with E-state index in [9.17, 15) is 4.39 Å². The van der Waals surface area contributed by atoms with Crippen LogP contribution in [0.3, 0.4) is 0 Å². The predicted molar refractivity (Wildman–Crippen MR) is 63.8 cm³/mol. The summed E-state index contributed by atoms with van der Waals surface area (Å²) in [6, 6.07) is 2.77. The van der Waals surface area contributed by atoms with Crippen LogP contribution in [0.1, 0.15) is 26.2 Å². The number of halogens is 2. The molecule has 1 rings (SSSR count). The van der Waals surface area contributed by atoms with Crippen molar-refractivity contribution in [2.45, 2.75) is 26.2 Å². The smallest absolute Gasteiger partial charge is 0.143 e. The molecule has 4 heteroatoms. The predicted octanol–water partition coefficient (Wildman–Crippen LogP) is 3.66. The molecule has 0 aliphatic carbocycles. The normalized spacial score (nSPS) is 10.3. The lowest BCUT2D eigenvalue weighted by atomic mass is 10.2. The zero-order chi connectivity index (χ0) is 11.3. The molecule has 15 heavy (non-hydrogen) atoms. The molecule has 0 aromatic heterocycles. The number of nitrogens with two attached hydrogens (primary N) is 1. The van der Waals surface area contributed by atoms with Gasteiger partial charge in [0.05, 0.1) is 16.4 Å². The van der Waals surface area contributed by atoms with E-state index in [-0.39, 0.29) is 5.02 Å². The number of nitrogen functional groups attached to an aromatic ring is 1. The van der Waals surface area contributed by atoms with Gasteiger partial charge in [-0.2, -0.15) is 0 Å². The van der Waals surface area contributed by atoms with Gasteiger partial charge in [-0.25, -0.2) is 4.39 Å². The summed E-state index contributed by atoms with van der Waals surface area (Å²) in [5.74, 6) is -0.441. The maximum absolute atomic E-state index is 13.1. The molecule has 1 aromatic carbocycles. The molecule has 0 saturated heterocycles. The minimum atomic E-state index is -0.441. The Labute approximate surface area is 94.6 Å². The SMILES string of the molecule is CCCCCNc1cc(F)c(Cl)cc1N. The molecule has 0 saturated carbocycles. The van der Waals surface area contributed by atoms with Crippen molar-refractivity contribution in [3.8, 4) is 0 Å². The first-order chi connectivity index (χ1) is 7.15. The zero-order valence-electron chi connectivity index (χ0n) is 8.82. The van der Waals surface area contributed by atoms with Gasteiger partial charge in [-0.1, -0.05) is 31.4 Å². The minimum absolute atomic E-state index is 0.0617. The summed E-state index contributed by atoms with van der Waals surface area (Å²) in [5.41, 5.74) is 6.79. The number of unbranched alkanes of at least 4 members (excludes halogenated alkanes) is 2. The van der Waals surface area contributed by atoms with E-state index in [1.165, 1.54) is 12.1 Å². The molecule has 0 bridgehead atoms. The van der Waals surface area contributed by atoms with E-state index < -0.39 is 5.82 Å². The molecule has 0 radical (unpaired) electrons. The molecule has 0 spiro atoms. The van der Waals surface area contributed by atoms with Crippen LogP contribution in [-0.4, -0.2) is 6.54 Å². The van der Waals surface area contributed by atoms with Crippen molar-refractivity contribution in [2.24, 2.45) is 0 Å². The first-order valence-corrected chi connectivity index (χ1v) is 5.51. The molecular formula is C11H16ClFN2. The highest BCUT2D eigenvalue weighted by Crippen LogP contribution is 2.25. The Morgan fingerprint density at radius 1 is 1.40 bits per heavy atom. The maximum Gasteiger partial charge on any atom is 0.143 e. The van der Waals surface area contributed by atoms with Crippen molar-refractivity contribution in [3.05, 3.63) is 23.0 Å². The minimum Gasteiger partial charge on any atom is -0.397 e. The van der Waals surface area contributed by atoms with Crippen molar-refractivity contribution < 1.29 is 4.39 Å². The van der Waals surface area contributed by atoms with Gasteiger partial charge in [0.25, 0.3) is 0 Å². The highest BCUT2D eigenvalue weighted by Gasteiger charge is 2.05. The van der Waals surface area contributed by atoms with E-state index in [1.54, 1.807) is 0 Å². The Balaban J connectivity index is 2.57. The third-order valence-electron chi connectivity index (χ3n) is 2.19. The van der Waals surface area contributed by atoms with Gasteiger partial charge in [0.1, 0.15) is 5.82 Å². The molecule has 3 N–H and O–H groups in total. The van der Waals surface area contributed by atoms with E-state index in [0.717, 1.165) is 25.8 Å². The average molecular weight is 231 g/mol. The lowest BCUT2D eigenvalue weighted by Crippen LogP contribution is -2.04. The molecular weight excluding hydrogens is 215 g/mol. The monoisotopic (exact) mass is 230 g/mol. The summed E-state index contributed by atoms with van der Waals surface area (Å²) in [6.07, 6.45) is 3.37. The third-order valence-corrected chi connectivity index (χ3v) is 2.48. The molecule has 0 aliphatic heterocycles. The number of hydrogen-bond donors (Lipinski definition) is 2. The molecule has 0 heterocycles. The van der Waals surface area contributed by atoms with Crippen molar-refractivity contribution in [3.63, 3.8) is 0 Å². The highest BCUT2D eigenvalue weighted by molar-refractivity contribution is 6.31. The average Bonchev–Trinajstić information content (AvgIpc) is 2.20. The van der Waals surface area contributed by atoms with E-state index in [0.29, 0.717) is 11.4 Å². The third kappa shape index (κ3) is 3.59. The van der Waals surface area contributed by atoms with Gasteiger partial charge in [0.15, 0.2) is 0 Å². The standard InChI is InChI=1S/C11H16ClFN2/c1-2-3-4-5-15-11-7-9(13)8(12)6-10(11)14/h6-7,15H,2-5,14H2,1H3. The summed E-state index contributed by atoms with van der Waals surface area (Å²) in [6.45, 7) is 2.94. The molecule has 2 nitrogen and oxygen atoms in total. The fraction of sp³-hybridized carbons (Fsp3) is 0.455. The summed E-state index contributed by atoms with van der Waals surface area (Å²) < 4.78 is 13.1. The summed E-state index contributed by atoms with van der Waals surface area (Å²) >= 11 is 5.59. The second kappa shape index (κ2) is 5.81. The van der Waals surface area contributed by atoms with E-state index in [2.05, 4.69) is 12.2 Å². The molecule has 0 unspecified atom stereocenters. The van der Waals surface area contributed by atoms with Crippen LogP contribution < -0.4 is 11.1 Å². The van der Waals surface area contributed by atoms with Gasteiger partial charge in [0, 0.05) is 12.6 Å². The number of anilines is 2. The summed E-state index contributed by atoms with van der Waals surface area (Å²) in [5, 5.41) is 3.15. The lowest BCUT2D eigenvalue weighted by molar-refractivity contribution is 0.628. The van der Waals surface area contributed by atoms with Crippen LogP contribution >= 0.6 is 11.6 Å². The Bertz CT molecular complexity index is 329. The molecule has 1 aromatic rings. The van der Waals surface area contributed by atoms with Gasteiger partial charge in [-0.3, -0.25) is 0 Å². The van der Waals surface area contributed by atoms with Crippen LogP contribution in [0.5, 0.6) is 0 Å². The summed E-state index contributed by atoms with van der Waals surface area (Å²) in [7, 11) is 0. The summed E-state index contributed by atoms with van der Waals surface area (Å²) in [4.78, 5) is 0. The van der Waals surface area contributed by atoms with Gasteiger partial charge < -0.3 is 11.1 Å². The van der Waals surface area contributed by atoms with Crippen LogP contribution in [0.4, 0.5) is 15.8 Å². The second-order valence-electron chi connectivity index (χ2n) is 3.49. The number of rotatable bonds is 5. The van der Waals surface area contributed by atoms with Crippen LogP contribution in [-0.2, 0) is 0 Å². The van der Waals surface area contributed by atoms with Gasteiger partial charge >= 0.3 is 0 Å². The van der Waals surface area contributed by atoms with E-state index in [1.807, 2.05) is 0 Å². The van der Waals surface area contributed by atoms with Crippen molar-refractivity contribution in [1.29, 1.82) is 0 Å². The Morgan fingerprint density at radius 2 is 2.13 bits per heavy atom.